The minimum Gasteiger partial charge on any atom is -0.352 e. The van der Waals surface area contributed by atoms with E-state index in [0.29, 0.717) is 6.42 Å². The van der Waals surface area contributed by atoms with Crippen molar-refractivity contribution in [3.05, 3.63) is 0 Å². The molecule has 1 heterocycles. The number of amides is 1. The fourth-order valence-corrected chi connectivity index (χ4v) is 1.83. The number of hydrogen-bond acceptors (Lipinski definition) is 2. The Hall–Kier alpha value is -1.01. The molecular weight excluding hydrogens is 188 g/mol. The lowest BCUT2D eigenvalue weighted by Gasteiger charge is -2.33. The molecule has 0 aromatic heterocycles. The molecule has 1 aliphatic rings. The number of carbonyl (C=O) groups is 1. The molecule has 1 saturated heterocycles. The van der Waals surface area contributed by atoms with Crippen LogP contribution in [0.2, 0.25) is 0 Å². The van der Waals surface area contributed by atoms with Gasteiger partial charge < -0.3 is 10.6 Å². The summed E-state index contributed by atoms with van der Waals surface area (Å²) in [5.74, 6) is 2.71. The van der Waals surface area contributed by atoms with Crippen molar-refractivity contribution >= 4 is 5.91 Å². The van der Waals surface area contributed by atoms with Gasteiger partial charge in [-0.2, -0.15) is 0 Å². The van der Waals surface area contributed by atoms with Crippen LogP contribution < -0.4 is 10.6 Å². The Labute approximate surface area is 92.0 Å². The Morgan fingerprint density at radius 3 is 2.73 bits per heavy atom. The highest BCUT2D eigenvalue weighted by atomic mass is 16.2. The third kappa shape index (κ3) is 3.24. The van der Waals surface area contributed by atoms with Crippen molar-refractivity contribution in [2.24, 2.45) is 5.41 Å². The molecule has 2 N–H and O–H groups in total. The molecule has 3 nitrogen and oxygen atoms in total. The third-order valence-electron chi connectivity index (χ3n) is 3.06. The first-order chi connectivity index (χ1) is 7.08. The largest absolute Gasteiger partial charge is 0.352 e. The topological polar surface area (TPSA) is 41.1 Å². The fraction of sp³-hybridized carbons (Fsp3) is 0.750. The van der Waals surface area contributed by atoms with Crippen LogP contribution in [0.25, 0.3) is 0 Å². The maximum absolute atomic E-state index is 12.0. The van der Waals surface area contributed by atoms with Gasteiger partial charge in [-0.1, -0.05) is 6.92 Å². The van der Waals surface area contributed by atoms with Crippen LogP contribution in [0.5, 0.6) is 0 Å². The van der Waals surface area contributed by atoms with Gasteiger partial charge >= 0.3 is 0 Å². The minimum absolute atomic E-state index is 0.0780. The van der Waals surface area contributed by atoms with Crippen molar-refractivity contribution in [2.75, 3.05) is 13.1 Å². The molecule has 0 bridgehead atoms. The first-order valence-electron chi connectivity index (χ1n) is 5.53. The summed E-state index contributed by atoms with van der Waals surface area (Å²) in [6.07, 6.45) is 7.61. The van der Waals surface area contributed by atoms with Gasteiger partial charge in [0, 0.05) is 17.9 Å². The highest BCUT2D eigenvalue weighted by Gasteiger charge is 2.34. The Balaban J connectivity index is 2.48. The Kier molecular flexibility index (Phi) is 4.16. The van der Waals surface area contributed by atoms with Crippen LogP contribution >= 0.6 is 0 Å². The molecule has 0 radical (unpaired) electrons. The van der Waals surface area contributed by atoms with Gasteiger partial charge in [0.1, 0.15) is 0 Å². The normalized spacial score (nSPS) is 21.4. The van der Waals surface area contributed by atoms with Crippen LogP contribution in [0.15, 0.2) is 0 Å². The average molecular weight is 208 g/mol. The van der Waals surface area contributed by atoms with E-state index in [0.717, 1.165) is 25.9 Å². The molecule has 1 rings (SSSR count). The maximum atomic E-state index is 12.0. The van der Waals surface area contributed by atoms with Crippen molar-refractivity contribution in [1.29, 1.82) is 0 Å². The molecule has 1 aliphatic heterocycles. The zero-order chi connectivity index (χ0) is 11.3. The predicted molar refractivity (Wildman–Crippen MR) is 61.3 cm³/mol. The lowest BCUT2D eigenvalue weighted by Crippen LogP contribution is -2.48. The van der Waals surface area contributed by atoms with Crippen molar-refractivity contribution in [1.82, 2.24) is 10.6 Å². The lowest BCUT2D eigenvalue weighted by atomic mass is 9.80. The van der Waals surface area contributed by atoms with E-state index in [-0.39, 0.29) is 17.4 Å². The number of terminal acetylenes is 1. The molecule has 0 aromatic carbocycles. The zero-order valence-corrected chi connectivity index (χ0v) is 9.60. The van der Waals surface area contributed by atoms with E-state index in [1.807, 2.05) is 13.8 Å². The highest BCUT2D eigenvalue weighted by Crippen LogP contribution is 2.28. The molecule has 1 amide bonds. The maximum Gasteiger partial charge on any atom is 0.226 e. The first kappa shape index (κ1) is 12.1. The Morgan fingerprint density at radius 1 is 1.60 bits per heavy atom. The van der Waals surface area contributed by atoms with E-state index in [2.05, 4.69) is 16.6 Å². The van der Waals surface area contributed by atoms with Gasteiger partial charge in [0.2, 0.25) is 5.91 Å². The Morgan fingerprint density at radius 2 is 2.20 bits per heavy atom. The first-order valence-corrected chi connectivity index (χ1v) is 5.53. The van der Waals surface area contributed by atoms with Gasteiger partial charge in [0.05, 0.1) is 0 Å². The summed E-state index contributed by atoms with van der Waals surface area (Å²) in [6.45, 7) is 5.83. The van der Waals surface area contributed by atoms with Gasteiger partial charge in [-0.25, -0.2) is 0 Å². The van der Waals surface area contributed by atoms with E-state index >= 15 is 0 Å². The van der Waals surface area contributed by atoms with E-state index in [1.54, 1.807) is 0 Å². The number of piperidine rings is 1. The second-order valence-electron chi connectivity index (χ2n) is 4.59. The second-order valence-corrected chi connectivity index (χ2v) is 4.59. The third-order valence-corrected chi connectivity index (χ3v) is 3.06. The van der Waals surface area contributed by atoms with Crippen LogP contribution in [0.1, 0.15) is 33.1 Å². The van der Waals surface area contributed by atoms with Crippen molar-refractivity contribution in [3.63, 3.8) is 0 Å². The second kappa shape index (κ2) is 5.18. The smallest absolute Gasteiger partial charge is 0.226 e. The van der Waals surface area contributed by atoms with E-state index in [4.69, 9.17) is 6.42 Å². The van der Waals surface area contributed by atoms with Gasteiger partial charge in [-0.05, 0) is 32.9 Å². The van der Waals surface area contributed by atoms with Gasteiger partial charge in [-0.3, -0.25) is 4.79 Å². The number of carbonyl (C=O) groups excluding carboxylic acids is 1. The van der Waals surface area contributed by atoms with Gasteiger partial charge in [-0.15, -0.1) is 12.3 Å². The molecular formula is C12H20N2O. The molecule has 0 saturated carbocycles. The number of rotatable bonds is 3. The summed E-state index contributed by atoms with van der Waals surface area (Å²) in [5.41, 5.74) is -0.214. The summed E-state index contributed by atoms with van der Waals surface area (Å²) < 4.78 is 0. The fourth-order valence-electron chi connectivity index (χ4n) is 1.83. The van der Waals surface area contributed by atoms with Crippen LogP contribution in [0, 0.1) is 17.8 Å². The molecule has 3 heteroatoms. The van der Waals surface area contributed by atoms with Crippen molar-refractivity contribution in [2.45, 2.75) is 39.2 Å². The summed E-state index contributed by atoms with van der Waals surface area (Å²) in [5, 5.41) is 6.24. The molecule has 0 aliphatic carbocycles. The molecule has 0 spiro atoms. The summed E-state index contributed by atoms with van der Waals surface area (Å²) >= 11 is 0. The molecule has 1 unspecified atom stereocenters. The monoisotopic (exact) mass is 208 g/mol. The lowest BCUT2D eigenvalue weighted by molar-refractivity contribution is -0.132. The number of nitrogens with one attached hydrogen (secondary N) is 2. The molecule has 1 atom stereocenters. The minimum atomic E-state index is -0.214. The van der Waals surface area contributed by atoms with Crippen LogP contribution in [-0.4, -0.2) is 25.0 Å². The number of hydrogen-bond donors (Lipinski definition) is 2. The van der Waals surface area contributed by atoms with Crippen LogP contribution in [-0.2, 0) is 4.79 Å². The average Bonchev–Trinajstić information content (AvgIpc) is 2.19. The summed E-state index contributed by atoms with van der Waals surface area (Å²) in [6, 6.07) is 0.0780. The molecule has 84 valence electrons. The van der Waals surface area contributed by atoms with E-state index in [1.165, 1.54) is 0 Å². The zero-order valence-electron chi connectivity index (χ0n) is 9.60. The summed E-state index contributed by atoms with van der Waals surface area (Å²) in [4.78, 5) is 12.0. The predicted octanol–water partition coefficient (Wildman–Crippen LogP) is 0.904. The quantitative estimate of drug-likeness (QED) is 0.677. The molecule has 0 aromatic rings. The van der Waals surface area contributed by atoms with Gasteiger partial charge in [0.15, 0.2) is 0 Å². The molecule has 15 heavy (non-hydrogen) atoms. The highest BCUT2D eigenvalue weighted by molar-refractivity contribution is 5.82. The van der Waals surface area contributed by atoms with E-state index < -0.39 is 0 Å². The standard InChI is InChI=1S/C12H20N2O/c1-4-5-10(2)14-11(15)12(3)6-8-13-9-7-12/h1,10,13H,5-9H2,2-3H3,(H,14,15). The van der Waals surface area contributed by atoms with Crippen LogP contribution in [0.4, 0.5) is 0 Å². The SMILES string of the molecule is C#CCC(C)NC(=O)C1(C)CCNCC1. The van der Waals surface area contributed by atoms with Crippen LogP contribution in [0.3, 0.4) is 0 Å². The van der Waals surface area contributed by atoms with E-state index in [9.17, 15) is 4.79 Å². The van der Waals surface area contributed by atoms with Crippen molar-refractivity contribution in [3.8, 4) is 12.3 Å². The van der Waals surface area contributed by atoms with Gasteiger partial charge in [0.25, 0.3) is 0 Å². The van der Waals surface area contributed by atoms with Crippen molar-refractivity contribution < 1.29 is 4.79 Å². The summed E-state index contributed by atoms with van der Waals surface area (Å²) in [7, 11) is 0. The molecule has 1 fully saturated rings. The Bertz CT molecular complexity index is 261.